The molecule has 0 saturated heterocycles. The number of hydrogen-bond acceptors (Lipinski definition) is 4. The fourth-order valence-corrected chi connectivity index (χ4v) is 3.24. The van der Waals surface area contributed by atoms with E-state index in [2.05, 4.69) is 10.3 Å². The van der Waals surface area contributed by atoms with Crippen LogP contribution in [0, 0.1) is 0 Å². The highest BCUT2D eigenvalue weighted by atomic mass is 16.3. The van der Waals surface area contributed by atoms with E-state index in [4.69, 9.17) is 0 Å². The fourth-order valence-electron chi connectivity index (χ4n) is 3.24. The molecule has 0 bridgehead atoms. The Morgan fingerprint density at radius 1 is 0.778 bits per heavy atom. The van der Waals surface area contributed by atoms with Gasteiger partial charge in [0.15, 0.2) is 0 Å². The van der Waals surface area contributed by atoms with E-state index in [9.17, 15) is 10.2 Å². The van der Waals surface area contributed by atoms with Crippen LogP contribution in [-0.4, -0.2) is 22.5 Å². The minimum Gasteiger partial charge on any atom is -0.506 e. The summed E-state index contributed by atoms with van der Waals surface area (Å²) in [6.07, 6.45) is 1.74. The first-order valence-electron chi connectivity index (χ1n) is 8.85. The van der Waals surface area contributed by atoms with Crippen LogP contribution in [0.1, 0.15) is 6.92 Å². The van der Waals surface area contributed by atoms with Gasteiger partial charge in [0.25, 0.3) is 0 Å². The molecule has 4 nitrogen and oxygen atoms in total. The summed E-state index contributed by atoms with van der Waals surface area (Å²) < 4.78 is 0. The summed E-state index contributed by atoms with van der Waals surface area (Å²) in [4.78, 5) is 4.52. The number of fused-ring (bicyclic) bond motifs is 2. The van der Waals surface area contributed by atoms with Crippen molar-refractivity contribution in [1.82, 2.24) is 0 Å². The number of anilines is 1. The third kappa shape index (κ3) is 3.29. The Morgan fingerprint density at radius 3 is 2.11 bits per heavy atom. The summed E-state index contributed by atoms with van der Waals surface area (Å²) in [5.41, 5.74) is 1.22. The number of hydrogen-bond donors (Lipinski definition) is 3. The van der Waals surface area contributed by atoms with Crippen molar-refractivity contribution in [3.05, 3.63) is 72.8 Å². The number of phenolic OH excluding ortho intramolecular Hbond substituents is 2. The molecule has 0 fully saturated rings. The zero-order valence-electron chi connectivity index (χ0n) is 14.9. The molecular weight excluding hydrogens is 336 g/mol. The molecule has 4 aromatic rings. The number of phenols is 2. The van der Waals surface area contributed by atoms with E-state index in [1.165, 1.54) is 0 Å². The lowest BCUT2D eigenvalue weighted by atomic mass is 10.1. The highest BCUT2D eigenvalue weighted by Crippen LogP contribution is 2.35. The molecule has 1 atom stereocenters. The van der Waals surface area contributed by atoms with Gasteiger partial charge in [0.05, 0.1) is 11.7 Å². The standard InChI is InChI=1S/C23H20N2O2/c1-15(25-23-19-9-5-3-7-17(19)11-13-21(23)27)14-24-22-18-8-4-2-6-16(18)10-12-20(22)26/h2-15,25-27H,1H3. The Morgan fingerprint density at radius 2 is 1.37 bits per heavy atom. The maximum Gasteiger partial charge on any atom is 0.141 e. The number of aliphatic imine (C=N–C) groups is 1. The van der Waals surface area contributed by atoms with E-state index >= 15 is 0 Å². The molecule has 0 aliphatic rings. The van der Waals surface area contributed by atoms with Gasteiger partial charge in [0, 0.05) is 17.0 Å². The van der Waals surface area contributed by atoms with Gasteiger partial charge in [-0.05, 0) is 29.8 Å². The van der Waals surface area contributed by atoms with Crippen LogP contribution in [0.15, 0.2) is 77.8 Å². The van der Waals surface area contributed by atoms with Gasteiger partial charge < -0.3 is 15.5 Å². The molecule has 0 radical (unpaired) electrons. The van der Waals surface area contributed by atoms with Crippen molar-refractivity contribution in [3.8, 4) is 11.5 Å². The van der Waals surface area contributed by atoms with Crippen molar-refractivity contribution < 1.29 is 10.2 Å². The van der Waals surface area contributed by atoms with E-state index in [1.54, 1.807) is 18.3 Å². The molecule has 4 aromatic carbocycles. The molecule has 0 amide bonds. The Kier molecular flexibility index (Phi) is 4.38. The molecule has 134 valence electrons. The first-order valence-corrected chi connectivity index (χ1v) is 8.85. The van der Waals surface area contributed by atoms with Crippen LogP contribution in [0.4, 0.5) is 11.4 Å². The SMILES string of the molecule is CC(C=Nc1c(O)ccc2ccccc12)Nc1c(O)ccc2ccccc12. The van der Waals surface area contributed by atoms with Gasteiger partial charge in [-0.25, -0.2) is 0 Å². The van der Waals surface area contributed by atoms with E-state index < -0.39 is 0 Å². The zero-order chi connectivity index (χ0) is 18.8. The summed E-state index contributed by atoms with van der Waals surface area (Å²) in [7, 11) is 0. The van der Waals surface area contributed by atoms with Crippen LogP contribution < -0.4 is 5.32 Å². The molecule has 3 N–H and O–H groups in total. The Balaban J connectivity index is 1.65. The zero-order valence-corrected chi connectivity index (χ0v) is 14.9. The minimum atomic E-state index is -0.153. The van der Waals surface area contributed by atoms with Crippen LogP contribution in [0.2, 0.25) is 0 Å². The van der Waals surface area contributed by atoms with Crippen molar-refractivity contribution in [3.63, 3.8) is 0 Å². The summed E-state index contributed by atoms with van der Waals surface area (Å²) in [6.45, 7) is 1.95. The van der Waals surface area contributed by atoms with Crippen molar-refractivity contribution in [1.29, 1.82) is 0 Å². The quantitative estimate of drug-likeness (QED) is 0.329. The summed E-state index contributed by atoms with van der Waals surface area (Å²) in [5, 5.41) is 27.7. The third-order valence-electron chi connectivity index (χ3n) is 4.59. The lowest BCUT2D eigenvalue weighted by Gasteiger charge is -2.15. The van der Waals surface area contributed by atoms with Gasteiger partial charge in [0.1, 0.15) is 17.2 Å². The Bertz CT molecular complexity index is 1150. The number of rotatable bonds is 4. The van der Waals surface area contributed by atoms with Crippen LogP contribution >= 0.6 is 0 Å². The number of benzene rings is 4. The van der Waals surface area contributed by atoms with E-state index in [1.807, 2.05) is 67.6 Å². The van der Waals surface area contributed by atoms with Gasteiger partial charge in [0.2, 0.25) is 0 Å². The Labute approximate surface area is 157 Å². The van der Waals surface area contributed by atoms with Crippen LogP contribution in [-0.2, 0) is 0 Å². The molecule has 4 rings (SSSR count). The predicted molar refractivity (Wildman–Crippen MR) is 112 cm³/mol. The van der Waals surface area contributed by atoms with Crippen LogP contribution in [0.25, 0.3) is 21.5 Å². The van der Waals surface area contributed by atoms with Crippen molar-refractivity contribution in [2.24, 2.45) is 4.99 Å². The van der Waals surface area contributed by atoms with Gasteiger partial charge in [-0.15, -0.1) is 0 Å². The van der Waals surface area contributed by atoms with Gasteiger partial charge in [-0.3, -0.25) is 4.99 Å². The normalized spacial score (nSPS) is 12.6. The average Bonchev–Trinajstić information content (AvgIpc) is 2.69. The number of aromatic hydroxyl groups is 2. The molecule has 0 spiro atoms. The molecule has 0 aliphatic carbocycles. The molecule has 0 aliphatic heterocycles. The van der Waals surface area contributed by atoms with Gasteiger partial charge in [-0.2, -0.15) is 0 Å². The third-order valence-corrected chi connectivity index (χ3v) is 4.59. The average molecular weight is 356 g/mol. The molecule has 27 heavy (non-hydrogen) atoms. The second-order valence-electron chi connectivity index (χ2n) is 6.55. The first kappa shape index (κ1) is 16.9. The lowest BCUT2D eigenvalue weighted by molar-refractivity contribution is 0.477. The maximum absolute atomic E-state index is 10.3. The molecule has 0 saturated carbocycles. The van der Waals surface area contributed by atoms with Gasteiger partial charge in [-0.1, -0.05) is 60.7 Å². The smallest absolute Gasteiger partial charge is 0.141 e. The van der Waals surface area contributed by atoms with Crippen molar-refractivity contribution in [2.45, 2.75) is 13.0 Å². The summed E-state index contributed by atoms with van der Waals surface area (Å²) in [5.74, 6) is 0.340. The largest absolute Gasteiger partial charge is 0.506 e. The van der Waals surface area contributed by atoms with E-state index in [0.29, 0.717) is 11.4 Å². The summed E-state index contributed by atoms with van der Waals surface area (Å²) in [6, 6.07) is 22.7. The van der Waals surface area contributed by atoms with Crippen molar-refractivity contribution in [2.75, 3.05) is 5.32 Å². The number of nitrogens with zero attached hydrogens (tertiary/aromatic N) is 1. The predicted octanol–water partition coefficient (Wildman–Crippen LogP) is 5.61. The number of nitrogens with one attached hydrogen (secondary N) is 1. The molecule has 0 aromatic heterocycles. The molecule has 1 unspecified atom stereocenters. The fraction of sp³-hybridized carbons (Fsp3) is 0.0870. The first-order chi connectivity index (χ1) is 13.1. The maximum atomic E-state index is 10.3. The van der Waals surface area contributed by atoms with Crippen LogP contribution in [0.3, 0.4) is 0 Å². The minimum absolute atomic E-state index is 0.144. The Hall–Kier alpha value is -3.53. The van der Waals surface area contributed by atoms with E-state index in [0.717, 1.165) is 21.5 Å². The topological polar surface area (TPSA) is 64.9 Å². The highest BCUT2D eigenvalue weighted by molar-refractivity contribution is 5.99. The van der Waals surface area contributed by atoms with E-state index in [-0.39, 0.29) is 17.5 Å². The lowest BCUT2D eigenvalue weighted by Crippen LogP contribution is -2.16. The van der Waals surface area contributed by atoms with Crippen LogP contribution in [0.5, 0.6) is 11.5 Å². The molecule has 0 heterocycles. The molecule has 4 heteroatoms. The molecular formula is C23H20N2O2. The monoisotopic (exact) mass is 356 g/mol. The van der Waals surface area contributed by atoms with Crippen molar-refractivity contribution >= 4 is 39.1 Å². The second kappa shape index (κ2) is 7.00. The second-order valence-corrected chi connectivity index (χ2v) is 6.55. The van der Waals surface area contributed by atoms with Gasteiger partial charge >= 0.3 is 0 Å². The summed E-state index contributed by atoms with van der Waals surface area (Å²) >= 11 is 0. The highest BCUT2D eigenvalue weighted by Gasteiger charge is 2.10.